The van der Waals surface area contributed by atoms with E-state index in [1.807, 2.05) is 0 Å². The van der Waals surface area contributed by atoms with Gasteiger partial charge in [0, 0.05) is 6.07 Å². The lowest BCUT2D eigenvalue weighted by atomic mass is 10.2. The van der Waals surface area contributed by atoms with Gasteiger partial charge in [-0.15, -0.1) is 0 Å². The molecule has 0 saturated heterocycles. The predicted octanol–water partition coefficient (Wildman–Crippen LogP) is 4.71. The number of rotatable bonds is 9. The molecule has 1 atom stereocenters. The van der Waals surface area contributed by atoms with Crippen LogP contribution in [0.15, 0.2) is 34.5 Å². The number of hydrogen-bond acceptors (Lipinski definition) is 8. The highest BCUT2D eigenvalue weighted by Crippen LogP contribution is 2.41. The van der Waals surface area contributed by atoms with Crippen molar-refractivity contribution < 1.29 is 28.5 Å². The fraction of sp³-hybridized carbons (Fsp3) is 0.300. The molecule has 0 heterocycles. The van der Waals surface area contributed by atoms with Crippen LogP contribution in [0.1, 0.15) is 6.92 Å². The first kappa shape index (κ1) is 24.2. The normalized spacial score (nSPS) is 11.7. The van der Waals surface area contributed by atoms with Crippen LogP contribution < -0.4 is 24.3 Å². The fourth-order valence-electron chi connectivity index (χ4n) is 2.64. The third-order valence-corrected chi connectivity index (χ3v) is 4.65. The van der Waals surface area contributed by atoms with Crippen molar-refractivity contribution in [2.24, 2.45) is 10.2 Å². The van der Waals surface area contributed by atoms with E-state index >= 15 is 0 Å². The van der Waals surface area contributed by atoms with Crippen molar-refractivity contribution in [2.45, 2.75) is 13.0 Å². The van der Waals surface area contributed by atoms with E-state index in [4.69, 9.17) is 42.1 Å². The van der Waals surface area contributed by atoms with Crippen molar-refractivity contribution in [3.05, 3.63) is 34.3 Å². The molecule has 0 aliphatic heterocycles. The van der Waals surface area contributed by atoms with Crippen LogP contribution in [0.4, 0.5) is 11.4 Å². The van der Waals surface area contributed by atoms with Crippen molar-refractivity contribution in [3.63, 3.8) is 0 Å². The number of anilines is 1. The summed E-state index contributed by atoms with van der Waals surface area (Å²) in [6, 6.07) is 4.60. The zero-order valence-electron chi connectivity index (χ0n) is 17.5. The molecule has 31 heavy (non-hydrogen) atoms. The van der Waals surface area contributed by atoms with Crippen molar-refractivity contribution in [3.8, 4) is 23.0 Å². The number of Topliss-reactive ketones (excluding diaryl/α,β-unsaturated/α-hetero) is 1. The quantitative estimate of drug-likeness (QED) is 0.420. The molecule has 11 heteroatoms. The Bertz CT molecular complexity index is 1010. The lowest BCUT2D eigenvalue weighted by Crippen LogP contribution is -2.32. The van der Waals surface area contributed by atoms with Crippen LogP contribution >= 0.6 is 23.2 Å². The summed E-state index contributed by atoms with van der Waals surface area (Å²) in [6.45, 7) is 1.23. The lowest BCUT2D eigenvalue weighted by molar-refractivity contribution is -0.126. The smallest absolute Gasteiger partial charge is 0.258 e. The summed E-state index contributed by atoms with van der Waals surface area (Å²) in [7, 11) is 5.69. The minimum absolute atomic E-state index is 0.203. The average Bonchev–Trinajstić information content (AvgIpc) is 2.73. The largest absolute Gasteiger partial charge is 0.493 e. The fourth-order valence-corrected chi connectivity index (χ4v) is 3.14. The molecule has 0 aliphatic rings. The summed E-state index contributed by atoms with van der Waals surface area (Å²) < 4.78 is 20.8. The number of carbonyl (C=O) groups is 2. The maximum absolute atomic E-state index is 12.7. The van der Waals surface area contributed by atoms with Crippen LogP contribution in [0.25, 0.3) is 0 Å². The second-order valence-corrected chi connectivity index (χ2v) is 6.86. The molecule has 166 valence electrons. The number of ether oxygens (including phenoxy) is 4. The zero-order valence-corrected chi connectivity index (χ0v) is 19.0. The standard InChI is InChI=1S/C20H21Cl2N3O6/c1-10(26)16(25-24-11-8-13(22)17(29-3)15(9-11)28-2)20(27)23-14-7-6-12(21)18(30-4)19(14)31-5/h6-9,16H,1-5H3,(H,23,27). The van der Waals surface area contributed by atoms with E-state index in [0.29, 0.717) is 16.5 Å². The van der Waals surface area contributed by atoms with Gasteiger partial charge < -0.3 is 24.3 Å². The first-order valence-corrected chi connectivity index (χ1v) is 9.57. The van der Waals surface area contributed by atoms with Gasteiger partial charge in [-0.2, -0.15) is 10.2 Å². The monoisotopic (exact) mass is 469 g/mol. The minimum atomic E-state index is -1.42. The second-order valence-electron chi connectivity index (χ2n) is 6.04. The van der Waals surface area contributed by atoms with Crippen LogP contribution in [0.5, 0.6) is 23.0 Å². The van der Waals surface area contributed by atoms with Crippen LogP contribution in [0.3, 0.4) is 0 Å². The summed E-state index contributed by atoms with van der Waals surface area (Å²) in [5, 5.41) is 11.0. The minimum Gasteiger partial charge on any atom is -0.493 e. The number of benzene rings is 2. The third-order valence-electron chi connectivity index (χ3n) is 4.07. The predicted molar refractivity (Wildman–Crippen MR) is 117 cm³/mol. The topological polar surface area (TPSA) is 108 Å². The van der Waals surface area contributed by atoms with E-state index < -0.39 is 17.7 Å². The maximum atomic E-state index is 12.7. The summed E-state index contributed by atoms with van der Waals surface area (Å²) >= 11 is 12.2. The summed E-state index contributed by atoms with van der Waals surface area (Å²) in [5.74, 6) is -0.144. The van der Waals surface area contributed by atoms with E-state index in [0.717, 1.165) is 0 Å². The molecule has 2 aromatic carbocycles. The Hall–Kier alpha value is -3.04. The van der Waals surface area contributed by atoms with Gasteiger partial charge in [0.2, 0.25) is 6.04 Å². The number of nitrogens with zero attached hydrogens (tertiary/aromatic N) is 2. The first-order chi connectivity index (χ1) is 14.8. The van der Waals surface area contributed by atoms with Gasteiger partial charge in [-0.25, -0.2) is 0 Å². The highest BCUT2D eigenvalue weighted by atomic mass is 35.5. The van der Waals surface area contributed by atoms with E-state index in [1.54, 1.807) is 0 Å². The number of azo groups is 1. The average molecular weight is 470 g/mol. The third kappa shape index (κ3) is 5.56. The number of nitrogens with one attached hydrogen (secondary N) is 1. The van der Waals surface area contributed by atoms with Gasteiger partial charge in [0.05, 0.1) is 49.9 Å². The number of halogens is 2. The molecule has 0 saturated carbocycles. The summed E-state index contributed by atoms with van der Waals surface area (Å²) in [4.78, 5) is 24.8. The molecule has 0 aromatic heterocycles. The highest BCUT2D eigenvalue weighted by molar-refractivity contribution is 6.33. The Morgan fingerprint density at radius 3 is 2.10 bits per heavy atom. The highest BCUT2D eigenvalue weighted by Gasteiger charge is 2.25. The van der Waals surface area contributed by atoms with E-state index in [9.17, 15) is 9.59 Å². The molecule has 0 spiro atoms. The molecule has 1 N–H and O–H groups in total. The molecule has 1 amide bonds. The molecule has 0 fully saturated rings. The molecule has 2 rings (SSSR count). The molecule has 0 bridgehead atoms. The maximum Gasteiger partial charge on any atom is 0.258 e. The molecular weight excluding hydrogens is 449 g/mol. The van der Waals surface area contributed by atoms with Crippen molar-refractivity contribution >= 4 is 46.3 Å². The molecule has 9 nitrogen and oxygen atoms in total. The lowest BCUT2D eigenvalue weighted by Gasteiger charge is -2.16. The van der Waals surface area contributed by atoms with Crippen molar-refractivity contribution in [1.82, 2.24) is 0 Å². The Kier molecular flexibility index (Phi) is 8.47. The Morgan fingerprint density at radius 1 is 0.903 bits per heavy atom. The van der Waals surface area contributed by atoms with E-state index in [-0.39, 0.29) is 27.9 Å². The van der Waals surface area contributed by atoms with Gasteiger partial charge in [0.25, 0.3) is 5.91 Å². The molecular formula is C20H21Cl2N3O6. The first-order valence-electron chi connectivity index (χ1n) is 8.81. The van der Waals surface area contributed by atoms with Gasteiger partial charge in [-0.3, -0.25) is 9.59 Å². The SMILES string of the molecule is COc1cc(N=NC(C(C)=O)C(=O)Nc2ccc(Cl)c(OC)c2OC)cc(Cl)c1OC. The van der Waals surface area contributed by atoms with Gasteiger partial charge in [0.1, 0.15) is 0 Å². The van der Waals surface area contributed by atoms with Gasteiger partial charge in [0.15, 0.2) is 28.8 Å². The van der Waals surface area contributed by atoms with Crippen LogP contribution in [0, 0.1) is 0 Å². The van der Waals surface area contributed by atoms with Gasteiger partial charge in [-0.1, -0.05) is 23.2 Å². The Balaban J connectivity index is 2.33. The van der Waals surface area contributed by atoms with Gasteiger partial charge >= 0.3 is 0 Å². The molecule has 1 unspecified atom stereocenters. The number of ketones is 1. The second kappa shape index (κ2) is 10.8. The number of methoxy groups -OCH3 is 4. The van der Waals surface area contributed by atoms with E-state index in [1.165, 1.54) is 59.6 Å². The van der Waals surface area contributed by atoms with E-state index in [2.05, 4.69) is 15.5 Å². The van der Waals surface area contributed by atoms with Crippen LogP contribution in [-0.2, 0) is 9.59 Å². The summed E-state index contributed by atoms with van der Waals surface area (Å²) in [6.07, 6.45) is 0. The zero-order chi connectivity index (χ0) is 23.1. The summed E-state index contributed by atoms with van der Waals surface area (Å²) in [5.41, 5.74) is 0.525. The Morgan fingerprint density at radius 2 is 1.55 bits per heavy atom. The number of amides is 1. The van der Waals surface area contributed by atoms with Crippen LogP contribution in [0.2, 0.25) is 10.0 Å². The number of carbonyl (C=O) groups excluding carboxylic acids is 2. The molecule has 0 radical (unpaired) electrons. The van der Waals surface area contributed by atoms with Crippen molar-refractivity contribution in [2.75, 3.05) is 33.8 Å². The molecule has 2 aromatic rings. The van der Waals surface area contributed by atoms with Gasteiger partial charge in [-0.05, 0) is 25.1 Å². The van der Waals surface area contributed by atoms with Crippen molar-refractivity contribution in [1.29, 1.82) is 0 Å². The molecule has 0 aliphatic carbocycles. The Labute approximate surface area is 189 Å². The number of hydrogen-bond donors (Lipinski definition) is 1. The van der Waals surface area contributed by atoms with Crippen LogP contribution in [-0.4, -0.2) is 46.2 Å².